The number of aromatic nitrogens is 1. The Kier molecular flexibility index (Phi) is 4.44. The van der Waals surface area contributed by atoms with Gasteiger partial charge in [-0.25, -0.2) is 4.99 Å². The molecule has 6 rings (SSSR count). The van der Waals surface area contributed by atoms with Crippen LogP contribution in [-0.4, -0.2) is 9.67 Å². The zero-order chi connectivity index (χ0) is 21.7. The van der Waals surface area contributed by atoms with Gasteiger partial charge in [-0.05, 0) is 41.7 Å². The molecule has 5 heteroatoms. The summed E-state index contributed by atoms with van der Waals surface area (Å²) in [5, 5.41) is 10.2. The number of fused-ring (bicyclic) bond motifs is 3. The summed E-state index contributed by atoms with van der Waals surface area (Å²) < 4.78 is 2.40. The number of nitrogens with zero attached hydrogens (tertiary/aromatic N) is 2. The molecule has 0 fully saturated rings. The van der Waals surface area contributed by atoms with Gasteiger partial charge in [-0.2, -0.15) is 0 Å². The van der Waals surface area contributed by atoms with Gasteiger partial charge >= 0.3 is 0 Å². The number of phenolic OH excluding ortho intramolecular Hbond substituents is 1. The maximum atomic E-state index is 13.6. The molecule has 4 aromatic rings. The zero-order valence-electron chi connectivity index (χ0n) is 17.2. The largest absolute Gasteiger partial charge is 0.507 e. The normalized spacial score (nSPS) is 17.4. The Morgan fingerprint density at radius 3 is 2.53 bits per heavy atom. The van der Waals surface area contributed by atoms with E-state index in [0.717, 1.165) is 29.7 Å². The Morgan fingerprint density at radius 1 is 0.938 bits per heavy atom. The number of thiazole rings is 1. The van der Waals surface area contributed by atoms with E-state index in [0.29, 0.717) is 14.9 Å². The molecule has 1 N–H and O–H groups in total. The first-order chi connectivity index (χ1) is 15.7. The van der Waals surface area contributed by atoms with Crippen LogP contribution in [0.1, 0.15) is 34.7 Å². The lowest BCUT2D eigenvalue weighted by Gasteiger charge is -2.30. The van der Waals surface area contributed by atoms with Crippen molar-refractivity contribution in [1.82, 2.24) is 4.57 Å². The van der Waals surface area contributed by atoms with Crippen LogP contribution in [0.15, 0.2) is 94.2 Å². The van der Waals surface area contributed by atoms with Crippen LogP contribution in [0.5, 0.6) is 5.75 Å². The highest BCUT2D eigenvalue weighted by molar-refractivity contribution is 7.07. The van der Waals surface area contributed by atoms with Crippen molar-refractivity contribution in [3.05, 3.63) is 126 Å². The van der Waals surface area contributed by atoms with Crippen molar-refractivity contribution in [2.24, 2.45) is 4.99 Å². The van der Waals surface area contributed by atoms with Gasteiger partial charge in [-0.15, -0.1) is 0 Å². The van der Waals surface area contributed by atoms with Crippen molar-refractivity contribution in [1.29, 1.82) is 0 Å². The molecule has 32 heavy (non-hydrogen) atoms. The summed E-state index contributed by atoms with van der Waals surface area (Å²) in [5.74, 6) is 0.158. The van der Waals surface area contributed by atoms with Crippen molar-refractivity contribution < 1.29 is 5.11 Å². The number of hydrogen-bond acceptors (Lipinski definition) is 4. The molecule has 1 aliphatic heterocycles. The lowest BCUT2D eigenvalue weighted by molar-refractivity contribution is 0.474. The van der Waals surface area contributed by atoms with E-state index < -0.39 is 0 Å². The van der Waals surface area contributed by atoms with Crippen molar-refractivity contribution in [2.45, 2.75) is 18.9 Å². The molecule has 0 saturated carbocycles. The molecule has 0 saturated heterocycles. The fourth-order valence-corrected chi connectivity index (χ4v) is 5.70. The number of para-hydroxylation sites is 1. The second-order valence-electron chi connectivity index (χ2n) is 8.08. The molecule has 0 amide bonds. The van der Waals surface area contributed by atoms with Crippen LogP contribution in [0.3, 0.4) is 0 Å². The third kappa shape index (κ3) is 2.97. The van der Waals surface area contributed by atoms with Crippen LogP contribution in [0.2, 0.25) is 0 Å². The standard InChI is InChI=1S/C27H20N2O2S/c30-22-13-7-5-11-19(22)16-23-26(31)29-25(18-9-2-1-3-10-18)21-15-14-17-8-4-6-12-20(17)24(21)28-27(29)32-23/h1-13,16,25,30H,14-15H2/b23-16+. The summed E-state index contributed by atoms with van der Waals surface area (Å²) in [6.45, 7) is 0. The van der Waals surface area contributed by atoms with E-state index in [-0.39, 0.29) is 17.4 Å². The molecule has 0 bridgehead atoms. The predicted octanol–water partition coefficient (Wildman–Crippen LogP) is 4.02. The lowest BCUT2D eigenvalue weighted by Crippen LogP contribution is -2.38. The maximum absolute atomic E-state index is 13.6. The molecule has 156 valence electrons. The van der Waals surface area contributed by atoms with E-state index in [1.54, 1.807) is 18.2 Å². The Bertz CT molecular complexity index is 1560. The Morgan fingerprint density at radius 2 is 1.69 bits per heavy atom. The third-order valence-corrected chi connectivity index (χ3v) is 7.19. The van der Waals surface area contributed by atoms with Gasteiger partial charge in [-0.1, -0.05) is 84.1 Å². The van der Waals surface area contributed by atoms with Crippen molar-refractivity contribution in [3.63, 3.8) is 0 Å². The van der Waals surface area contributed by atoms with Crippen molar-refractivity contribution in [2.75, 3.05) is 0 Å². The van der Waals surface area contributed by atoms with Crippen molar-refractivity contribution >= 4 is 23.1 Å². The summed E-state index contributed by atoms with van der Waals surface area (Å²) >= 11 is 1.38. The minimum atomic E-state index is -0.178. The summed E-state index contributed by atoms with van der Waals surface area (Å²) in [4.78, 5) is 19.3. The molecular weight excluding hydrogens is 416 g/mol. The first-order valence-electron chi connectivity index (χ1n) is 10.7. The average molecular weight is 437 g/mol. The monoisotopic (exact) mass is 436 g/mol. The number of benzene rings is 3. The van der Waals surface area contributed by atoms with Gasteiger partial charge in [0.15, 0.2) is 4.80 Å². The second kappa shape index (κ2) is 7.46. The fraction of sp³-hybridized carbons (Fsp3) is 0.111. The summed E-state index contributed by atoms with van der Waals surface area (Å²) in [5.41, 5.74) is 6.29. The molecule has 1 atom stereocenters. The number of hydrogen-bond donors (Lipinski definition) is 1. The van der Waals surface area contributed by atoms with Gasteiger partial charge in [0, 0.05) is 11.1 Å². The minimum absolute atomic E-state index is 0.0729. The molecule has 0 radical (unpaired) electrons. The first-order valence-corrected chi connectivity index (χ1v) is 11.5. The van der Waals surface area contributed by atoms with Gasteiger partial charge in [-0.3, -0.25) is 9.36 Å². The Labute approximate surface area is 188 Å². The SMILES string of the molecule is O=c1/c(=C\c2ccccc2O)sc2n1C(c1ccccc1)C1=C(N=2)c2ccccc2CC1. The molecule has 1 aromatic heterocycles. The quantitative estimate of drug-likeness (QED) is 0.516. The third-order valence-electron chi connectivity index (χ3n) is 6.21. The molecule has 3 aromatic carbocycles. The number of rotatable bonds is 2. The number of aromatic hydroxyl groups is 1. The van der Waals surface area contributed by atoms with E-state index in [1.165, 1.54) is 22.5 Å². The topological polar surface area (TPSA) is 54.6 Å². The predicted molar refractivity (Wildman–Crippen MR) is 127 cm³/mol. The van der Waals surface area contributed by atoms with Crippen LogP contribution in [0, 0.1) is 0 Å². The molecular formula is C27H20N2O2S. The highest BCUT2D eigenvalue weighted by Crippen LogP contribution is 2.41. The van der Waals surface area contributed by atoms with Gasteiger partial charge in [0.2, 0.25) is 0 Å². The molecule has 1 aliphatic carbocycles. The highest BCUT2D eigenvalue weighted by Gasteiger charge is 2.32. The molecule has 4 nitrogen and oxygen atoms in total. The minimum Gasteiger partial charge on any atom is -0.507 e. The van der Waals surface area contributed by atoms with Gasteiger partial charge in [0.25, 0.3) is 5.56 Å². The number of phenols is 1. The molecule has 1 unspecified atom stereocenters. The molecule has 0 spiro atoms. The van der Waals surface area contributed by atoms with Crippen LogP contribution in [0.25, 0.3) is 11.8 Å². The summed E-state index contributed by atoms with van der Waals surface area (Å²) in [6, 6.07) is 25.5. The maximum Gasteiger partial charge on any atom is 0.271 e. The van der Waals surface area contributed by atoms with E-state index >= 15 is 0 Å². The van der Waals surface area contributed by atoms with Gasteiger partial charge in [0.05, 0.1) is 16.3 Å². The van der Waals surface area contributed by atoms with Crippen molar-refractivity contribution in [3.8, 4) is 5.75 Å². The van der Waals surface area contributed by atoms with Crippen LogP contribution in [-0.2, 0) is 6.42 Å². The van der Waals surface area contributed by atoms with Crippen LogP contribution < -0.4 is 14.9 Å². The molecule has 2 aliphatic rings. The van der Waals surface area contributed by atoms with Crippen LogP contribution in [0.4, 0.5) is 0 Å². The number of aryl methyl sites for hydroxylation is 1. The summed E-state index contributed by atoms with van der Waals surface area (Å²) in [7, 11) is 0. The summed E-state index contributed by atoms with van der Waals surface area (Å²) in [6.07, 6.45) is 3.58. The van der Waals surface area contributed by atoms with E-state index in [1.807, 2.05) is 34.9 Å². The van der Waals surface area contributed by atoms with Crippen LogP contribution >= 0.6 is 11.3 Å². The molecule has 2 heterocycles. The van der Waals surface area contributed by atoms with Gasteiger partial charge < -0.3 is 5.11 Å². The average Bonchev–Trinajstić information content (AvgIpc) is 3.14. The number of allylic oxidation sites excluding steroid dienone is 1. The highest BCUT2D eigenvalue weighted by atomic mass is 32.1. The van der Waals surface area contributed by atoms with E-state index in [2.05, 4.69) is 36.4 Å². The second-order valence-corrected chi connectivity index (χ2v) is 9.09. The lowest BCUT2D eigenvalue weighted by atomic mass is 9.83. The van der Waals surface area contributed by atoms with E-state index in [9.17, 15) is 9.90 Å². The fourth-order valence-electron chi connectivity index (χ4n) is 4.71. The first kappa shape index (κ1) is 19.0. The zero-order valence-corrected chi connectivity index (χ0v) is 18.0. The Balaban J connectivity index is 1.65. The van der Waals surface area contributed by atoms with Gasteiger partial charge in [0.1, 0.15) is 5.75 Å². The van der Waals surface area contributed by atoms with E-state index in [4.69, 9.17) is 4.99 Å². The Hall–Kier alpha value is -3.70. The smallest absolute Gasteiger partial charge is 0.271 e.